The summed E-state index contributed by atoms with van der Waals surface area (Å²) in [7, 11) is 0. The Morgan fingerprint density at radius 3 is 2.42 bits per heavy atom. The molecule has 3 aromatic rings. The highest BCUT2D eigenvalue weighted by molar-refractivity contribution is 9.10. The van der Waals surface area contributed by atoms with Gasteiger partial charge in [0.1, 0.15) is 0 Å². The van der Waals surface area contributed by atoms with Gasteiger partial charge in [0, 0.05) is 21.6 Å². The zero-order chi connectivity index (χ0) is 17.5. The van der Waals surface area contributed by atoms with E-state index in [1.54, 1.807) is 0 Å². The van der Waals surface area contributed by atoms with E-state index in [1.165, 1.54) is 32.4 Å². The molecule has 1 nitrogen and oxygen atoms in total. The number of anilines is 1. The van der Waals surface area contributed by atoms with E-state index >= 15 is 0 Å². The number of hydrogen-bond donors (Lipinski definition) is 1. The van der Waals surface area contributed by atoms with Gasteiger partial charge in [-0.15, -0.1) is 0 Å². The highest BCUT2D eigenvalue weighted by Crippen LogP contribution is 2.52. The van der Waals surface area contributed by atoms with Crippen molar-refractivity contribution < 1.29 is 0 Å². The number of hydrogen-bond acceptors (Lipinski definition) is 1. The van der Waals surface area contributed by atoms with Gasteiger partial charge in [0.25, 0.3) is 0 Å². The SMILES string of the molecule is Brc1ccccc1[C@@H]1Nc2c(-c3ccccc3)cccc2[C@H]2C=CC[C@H]21. The number of para-hydroxylation sites is 1. The van der Waals surface area contributed by atoms with Crippen LogP contribution in [0.25, 0.3) is 11.1 Å². The third-order valence-electron chi connectivity index (χ3n) is 5.72. The molecule has 1 N–H and O–H groups in total. The van der Waals surface area contributed by atoms with Gasteiger partial charge in [-0.05, 0) is 35.1 Å². The van der Waals surface area contributed by atoms with Gasteiger partial charge in [-0.3, -0.25) is 0 Å². The molecule has 0 amide bonds. The van der Waals surface area contributed by atoms with Crippen molar-refractivity contribution in [3.63, 3.8) is 0 Å². The lowest BCUT2D eigenvalue weighted by molar-refractivity contribution is 0.425. The number of allylic oxidation sites excluding steroid dienone is 2. The quantitative estimate of drug-likeness (QED) is 0.458. The fraction of sp³-hybridized carbons (Fsp3) is 0.167. The predicted molar refractivity (Wildman–Crippen MR) is 112 cm³/mol. The second-order valence-corrected chi connectivity index (χ2v) is 7.99. The molecule has 2 aliphatic rings. The van der Waals surface area contributed by atoms with Crippen LogP contribution in [0.15, 0.2) is 89.4 Å². The van der Waals surface area contributed by atoms with Crippen molar-refractivity contribution in [1.29, 1.82) is 0 Å². The minimum absolute atomic E-state index is 0.308. The second-order valence-electron chi connectivity index (χ2n) is 7.13. The Labute approximate surface area is 162 Å². The summed E-state index contributed by atoms with van der Waals surface area (Å²) in [5.74, 6) is 1.04. The fourth-order valence-electron chi connectivity index (χ4n) is 4.51. The molecule has 3 aromatic carbocycles. The summed E-state index contributed by atoms with van der Waals surface area (Å²) in [4.78, 5) is 0. The Kier molecular flexibility index (Phi) is 3.94. The molecular formula is C24H20BrN. The Hall–Kier alpha value is -2.32. The minimum Gasteiger partial charge on any atom is -0.377 e. The van der Waals surface area contributed by atoms with Gasteiger partial charge in [-0.1, -0.05) is 94.8 Å². The summed E-state index contributed by atoms with van der Waals surface area (Å²) in [5, 5.41) is 3.92. The summed E-state index contributed by atoms with van der Waals surface area (Å²) < 4.78 is 1.18. The third-order valence-corrected chi connectivity index (χ3v) is 6.44. The second kappa shape index (κ2) is 6.44. The monoisotopic (exact) mass is 401 g/mol. The van der Waals surface area contributed by atoms with Crippen LogP contribution in [0.4, 0.5) is 5.69 Å². The van der Waals surface area contributed by atoms with E-state index in [2.05, 4.69) is 106 Å². The van der Waals surface area contributed by atoms with Gasteiger partial charge < -0.3 is 5.32 Å². The van der Waals surface area contributed by atoms with Crippen LogP contribution in [0.5, 0.6) is 0 Å². The van der Waals surface area contributed by atoms with Crippen LogP contribution in [-0.2, 0) is 0 Å². The average molecular weight is 402 g/mol. The molecule has 0 spiro atoms. The van der Waals surface area contributed by atoms with Crippen molar-refractivity contribution in [2.75, 3.05) is 5.32 Å². The van der Waals surface area contributed by atoms with Crippen LogP contribution in [0.1, 0.15) is 29.5 Å². The molecule has 26 heavy (non-hydrogen) atoms. The Balaban J connectivity index is 1.68. The average Bonchev–Trinajstić information content (AvgIpc) is 3.18. The van der Waals surface area contributed by atoms with Gasteiger partial charge in [-0.25, -0.2) is 0 Å². The highest BCUT2D eigenvalue weighted by Gasteiger charge is 2.39. The first-order valence-corrected chi connectivity index (χ1v) is 9.98. The zero-order valence-electron chi connectivity index (χ0n) is 14.4. The van der Waals surface area contributed by atoms with Crippen LogP contribution in [0.3, 0.4) is 0 Å². The molecule has 1 heterocycles. The van der Waals surface area contributed by atoms with E-state index < -0.39 is 0 Å². The van der Waals surface area contributed by atoms with Crippen LogP contribution >= 0.6 is 15.9 Å². The maximum atomic E-state index is 3.92. The molecule has 2 heteroatoms. The van der Waals surface area contributed by atoms with Gasteiger partial charge in [-0.2, -0.15) is 0 Å². The Morgan fingerprint density at radius 2 is 1.58 bits per heavy atom. The van der Waals surface area contributed by atoms with Crippen LogP contribution < -0.4 is 5.32 Å². The summed E-state index contributed by atoms with van der Waals surface area (Å²) >= 11 is 3.77. The van der Waals surface area contributed by atoms with E-state index in [4.69, 9.17) is 0 Å². The number of nitrogens with one attached hydrogen (secondary N) is 1. The molecule has 0 bridgehead atoms. The lowest BCUT2D eigenvalue weighted by atomic mass is 9.76. The molecule has 3 atom stereocenters. The van der Waals surface area contributed by atoms with Gasteiger partial charge in [0.15, 0.2) is 0 Å². The molecule has 0 saturated carbocycles. The predicted octanol–water partition coefficient (Wildman–Crippen LogP) is 6.94. The summed E-state index contributed by atoms with van der Waals surface area (Å²) in [6.07, 6.45) is 5.88. The molecular weight excluding hydrogens is 382 g/mol. The number of rotatable bonds is 2. The lowest BCUT2D eigenvalue weighted by Crippen LogP contribution is -2.29. The molecule has 1 aliphatic heterocycles. The summed E-state index contributed by atoms with van der Waals surface area (Å²) in [6, 6.07) is 26.3. The normalized spacial score (nSPS) is 23.2. The van der Waals surface area contributed by atoms with Gasteiger partial charge in [0.2, 0.25) is 0 Å². The van der Waals surface area contributed by atoms with Crippen LogP contribution in [-0.4, -0.2) is 0 Å². The molecule has 0 unspecified atom stereocenters. The smallest absolute Gasteiger partial charge is 0.0565 e. The van der Waals surface area contributed by atoms with Crippen molar-refractivity contribution in [3.05, 3.63) is 101 Å². The number of fused-ring (bicyclic) bond motifs is 3. The largest absolute Gasteiger partial charge is 0.377 e. The van der Waals surface area contributed by atoms with E-state index in [0.29, 0.717) is 17.9 Å². The van der Waals surface area contributed by atoms with Gasteiger partial charge in [0.05, 0.1) is 6.04 Å². The molecule has 0 saturated heterocycles. The molecule has 128 valence electrons. The molecule has 0 radical (unpaired) electrons. The van der Waals surface area contributed by atoms with Crippen LogP contribution in [0, 0.1) is 5.92 Å². The van der Waals surface area contributed by atoms with E-state index in [9.17, 15) is 0 Å². The minimum atomic E-state index is 0.308. The topological polar surface area (TPSA) is 12.0 Å². The molecule has 1 aliphatic carbocycles. The first-order chi connectivity index (χ1) is 12.8. The standard InChI is InChI=1S/C24H20BrN/c25-22-15-5-4-10-21(22)24-20-14-7-12-18(20)19-13-6-11-17(23(19)26-24)16-8-2-1-3-9-16/h1-13,15,18,20,24,26H,14H2/t18-,20-,24-/m1/s1. The van der Waals surface area contributed by atoms with E-state index in [1.807, 2.05) is 0 Å². The van der Waals surface area contributed by atoms with Crippen molar-refractivity contribution in [1.82, 2.24) is 0 Å². The summed E-state index contributed by atoms with van der Waals surface area (Å²) in [5.41, 5.74) is 6.61. The fourth-order valence-corrected chi connectivity index (χ4v) is 5.05. The lowest BCUT2D eigenvalue weighted by Gasteiger charge is -2.39. The third kappa shape index (κ3) is 2.52. The molecule has 5 rings (SSSR count). The molecule has 0 fully saturated rings. The Bertz CT molecular complexity index is 977. The highest BCUT2D eigenvalue weighted by atomic mass is 79.9. The zero-order valence-corrected chi connectivity index (χ0v) is 16.0. The first-order valence-electron chi connectivity index (χ1n) is 9.19. The van der Waals surface area contributed by atoms with E-state index in [0.717, 1.165) is 6.42 Å². The van der Waals surface area contributed by atoms with Crippen molar-refractivity contribution in [2.24, 2.45) is 5.92 Å². The number of halogens is 1. The van der Waals surface area contributed by atoms with Crippen molar-refractivity contribution in [2.45, 2.75) is 18.4 Å². The maximum absolute atomic E-state index is 3.92. The van der Waals surface area contributed by atoms with Gasteiger partial charge >= 0.3 is 0 Å². The van der Waals surface area contributed by atoms with Crippen molar-refractivity contribution >= 4 is 21.6 Å². The maximum Gasteiger partial charge on any atom is 0.0565 e. The van der Waals surface area contributed by atoms with E-state index in [-0.39, 0.29) is 0 Å². The van der Waals surface area contributed by atoms with Crippen LogP contribution in [0.2, 0.25) is 0 Å². The molecule has 0 aromatic heterocycles. The van der Waals surface area contributed by atoms with Crippen molar-refractivity contribution in [3.8, 4) is 11.1 Å². The summed E-state index contributed by atoms with van der Waals surface area (Å²) in [6.45, 7) is 0. The Morgan fingerprint density at radius 1 is 0.808 bits per heavy atom. The first kappa shape index (κ1) is 15.9. The number of benzene rings is 3.